The molecule has 1 unspecified atom stereocenters. The first-order chi connectivity index (χ1) is 9.27. The van der Waals surface area contributed by atoms with Gasteiger partial charge in [-0.25, -0.2) is 0 Å². The molecule has 1 saturated carbocycles. The number of nitrogens with zero attached hydrogens (tertiary/aromatic N) is 1. The predicted octanol–water partition coefficient (Wildman–Crippen LogP) is 0.306. The van der Waals surface area contributed by atoms with E-state index < -0.39 is 11.6 Å². The lowest BCUT2D eigenvalue weighted by Gasteiger charge is -2.38. The first-order valence-corrected chi connectivity index (χ1v) is 7.13. The Morgan fingerprint density at radius 3 is 2.40 bits per heavy atom. The van der Waals surface area contributed by atoms with Crippen LogP contribution in [0.25, 0.3) is 0 Å². The van der Waals surface area contributed by atoms with Gasteiger partial charge in [0, 0.05) is 26.1 Å². The maximum Gasteiger partial charge on any atom is 0.306 e. The molecule has 6 heteroatoms. The van der Waals surface area contributed by atoms with Gasteiger partial charge in [-0.05, 0) is 32.7 Å². The lowest BCUT2D eigenvalue weighted by atomic mass is 9.78. The van der Waals surface area contributed by atoms with Crippen molar-refractivity contribution in [1.29, 1.82) is 0 Å². The number of carbonyl (C=O) groups is 2. The summed E-state index contributed by atoms with van der Waals surface area (Å²) in [5.41, 5.74) is -0.830. The summed E-state index contributed by atoms with van der Waals surface area (Å²) in [6, 6.07) is 0. The number of likely N-dealkylation sites (N-methyl/N-ethyl adjacent to an activating group) is 1. The van der Waals surface area contributed by atoms with Crippen molar-refractivity contribution in [2.24, 2.45) is 11.8 Å². The Labute approximate surface area is 120 Å². The van der Waals surface area contributed by atoms with Crippen LogP contribution < -0.4 is 5.32 Å². The number of amides is 1. The molecule has 116 valence electrons. The van der Waals surface area contributed by atoms with E-state index in [0.717, 1.165) is 0 Å². The van der Waals surface area contributed by atoms with E-state index in [2.05, 4.69) is 5.32 Å². The van der Waals surface area contributed by atoms with Crippen molar-refractivity contribution in [3.63, 3.8) is 0 Å². The third-order valence-electron chi connectivity index (χ3n) is 4.11. The first-order valence-electron chi connectivity index (χ1n) is 7.13. The van der Waals surface area contributed by atoms with Crippen LogP contribution in [0.15, 0.2) is 0 Å². The fraction of sp³-hybridized carbons (Fsp3) is 0.857. The molecule has 6 nitrogen and oxygen atoms in total. The predicted molar refractivity (Wildman–Crippen MR) is 75.3 cm³/mol. The van der Waals surface area contributed by atoms with E-state index in [1.807, 2.05) is 18.9 Å². The maximum absolute atomic E-state index is 11.5. The van der Waals surface area contributed by atoms with Crippen LogP contribution in [0, 0.1) is 11.8 Å². The van der Waals surface area contributed by atoms with Crippen molar-refractivity contribution in [3.8, 4) is 0 Å². The molecular weight excluding hydrogens is 260 g/mol. The molecule has 3 N–H and O–H groups in total. The zero-order valence-corrected chi connectivity index (χ0v) is 12.6. The zero-order chi connectivity index (χ0) is 15.3. The molecule has 0 bridgehead atoms. The van der Waals surface area contributed by atoms with E-state index in [-0.39, 0.29) is 17.7 Å². The van der Waals surface area contributed by atoms with Gasteiger partial charge in [-0.1, -0.05) is 6.92 Å². The zero-order valence-electron chi connectivity index (χ0n) is 12.6. The van der Waals surface area contributed by atoms with Crippen LogP contribution in [0.2, 0.25) is 0 Å². The molecule has 1 amide bonds. The summed E-state index contributed by atoms with van der Waals surface area (Å²) in [6.45, 7) is 2.89. The van der Waals surface area contributed by atoms with E-state index in [1.165, 1.54) is 0 Å². The Bertz CT molecular complexity index is 351. The molecule has 0 spiro atoms. The van der Waals surface area contributed by atoms with Gasteiger partial charge in [-0.2, -0.15) is 0 Å². The van der Waals surface area contributed by atoms with Crippen LogP contribution in [0.5, 0.6) is 0 Å². The Balaban J connectivity index is 2.43. The van der Waals surface area contributed by atoms with Gasteiger partial charge in [0.1, 0.15) is 0 Å². The van der Waals surface area contributed by atoms with Gasteiger partial charge in [0.2, 0.25) is 5.91 Å². The number of carboxylic acid groups (broad SMARTS) is 1. The molecule has 1 aliphatic carbocycles. The van der Waals surface area contributed by atoms with E-state index in [4.69, 9.17) is 5.11 Å². The molecule has 0 radical (unpaired) electrons. The minimum absolute atomic E-state index is 0.0153. The average molecular weight is 286 g/mol. The topological polar surface area (TPSA) is 89.9 Å². The minimum atomic E-state index is -0.830. The third-order valence-corrected chi connectivity index (χ3v) is 4.11. The highest BCUT2D eigenvalue weighted by atomic mass is 16.4. The molecule has 0 heterocycles. The number of carbonyl (C=O) groups excluding carboxylic acids is 1. The molecule has 1 rings (SSSR count). The summed E-state index contributed by atoms with van der Waals surface area (Å²) in [4.78, 5) is 24.3. The smallest absolute Gasteiger partial charge is 0.306 e. The molecule has 0 aromatic heterocycles. The van der Waals surface area contributed by atoms with Crippen molar-refractivity contribution in [1.82, 2.24) is 10.2 Å². The van der Waals surface area contributed by atoms with E-state index in [0.29, 0.717) is 38.8 Å². The highest BCUT2D eigenvalue weighted by Crippen LogP contribution is 2.32. The van der Waals surface area contributed by atoms with Gasteiger partial charge in [-0.15, -0.1) is 0 Å². The lowest BCUT2D eigenvalue weighted by Crippen LogP contribution is -2.47. The minimum Gasteiger partial charge on any atom is -0.481 e. The van der Waals surface area contributed by atoms with E-state index in [9.17, 15) is 14.7 Å². The second kappa shape index (κ2) is 7.04. The van der Waals surface area contributed by atoms with Crippen molar-refractivity contribution in [2.75, 3.05) is 27.2 Å². The summed E-state index contributed by atoms with van der Waals surface area (Å²) in [5.74, 6) is -1.25. The maximum atomic E-state index is 11.5. The van der Waals surface area contributed by atoms with Gasteiger partial charge in [0.05, 0.1) is 11.5 Å². The Morgan fingerprint density at radius 1 is 1.40 bits per heavy atom. The number of rotatable bonds is 6. The third kappa shape index (κ3) is 4.76. The highest BCUT2D eigenvalue weighted by Gasteiger charge is 2.36. The summed E-state index contributed by atoms with van der Waals surface area (Å²) in [6.07, 6.45) is 2.04. The fourth-order valence-corrected chi connectivity index (χ4v) is 2.92. The molecule has 0 saturated heterocycles. The van der Waals surface area contributed by atoms with Gasteiger partial charge in [-0.3, -0.25) is 9.59 Å². The van der Waals surface area contributed by atoms with Crippen molar-refractivity contribution >= 4 is 11.9 Å². The van der Waals surface area contributed by atoms with Gasteiger partial charge >= 0.3 is 5.97 Å². The molecule has 1 aliphatic rings. The van der Waals surface area contributed by atoms with Gasteiger partial charge in [0.15, 0.2) is 0 Å². The molecule has 0 aromatic carbocycles. The Kier molecular flexibility index (Phi) is 5.95. The summed E-state index contributed by atoms with van der Waals surface area (Å²) >= 11 is 0. The van der Waals surface area contributed by atoms with Crippen LogP contribution >= 0.6 is 0 Å². The van der Waals surface area contributed by atoms with E-state index >= 15 is 0 Å². The number of hydrogen-bond donors (Lipinski definition) is 3. The van der Waals surface area contributed by atoms with Crippen molar-refractivity contribution < 1.29 is 19.8 Å². The van der Waals surface area contributed by atoms with Crippen LogP contribution in [0.1, 0.15) is 32.6 Å². The number of aliphatic carboxylic acids is 1. The van der Waals surface area contributed by atoms with Crippen LogP contribution in [-0.4, -0.2) is 59.8 Å². The van der Waals surface area contributed by atoms with Crippen LogP contribution in [0.4, 0.5) is 0 Å². The standard InChI is InChI=1S/C14H26N2O4/c1-10(12(17)15-2)8-16(3)9-14(20)6-4-11(5-7-14)13(18)19/h10-11,20H,4-9H2,1-3H3,(H,15,17)(H,18,19). The van der Waals surface area contributed by atoms with Crippen molar-refractivity contribution in [3.05, 3.63) is 0 Å². The summed E-state index contributed by atoms with van der Waals surface area (Å²) < 4.78 is 0. The Morgan fingerprint density at radius 2 is 1.95 bits per heavy atom. The quantitative estimate of drug-likeness (QED) is 0.653. The molecule has 1 fully saturated rings. The highest BCUT2D eigenvalue weighted by molar-refractivity contribution is 5.78. The second-order valence-electron chi connectivity index (χ2n) is 6.05. The molecule has 0 aliphatic heterocycles. The lowest BCUT2D eigenvalue weighted by molar-refractivity contribution is -0.145. The average Bonchev–Trinajstić information content (AvgIpc) is 2.37. The molecule has 0 aromatic rings. The van der Waals surface area contributed by atoms with Crippen molar-refractivity contribution in [2.45, 2.75) is 38.2 Å². The monoisotopic (exact) mass is 286 g/mol. The molecule has 20 heavy (non-hydrogen) atoms. The normalized spacial score (nSPS) is 28.1. The van der Waals surface area contributed by atoms with Crippen LogP contribution in [-0.2, 0) is 9.59 Å². The SMILES string of the molecule is CNC(=O)C(C)CN(C)CC1(O)CCC(C(=O)O)CC1. The number of nitrogens with one attached hydrogen (secondary N) is 1. The Hall–Kier alpha value is -1.14. The largest absolute Gasteiger partial charge is 0.481 e. The number of aliphatic hydroxyl groups is 1. The fourth-order valence-electron chi connectivity index (χ4n) is 2.92. The van der Waals surface area contributed by atoms with Gasteiger partial charge < -0.3 is 20.4 Å². The number of hydrogen-bond acceptors (Lipinski definition) is 4. The van der Waals surface area contributed by atoms with Crippen LogP contribution in [0.3, 0.4) is 0 Å². The van der Waals surface area contributed by atoms with E-state index in [1.54, 1.807) is 7.05 Å². The summed E-state index contributed by atoms with van der Waals surface area (Å²) in [7, 11) is 3.49. The summed E-state index contributed by atoms with van der Waals surface area (Å²) in [5, 5.41) is 22.1. The first kappa shape index (κ1) is 16.9. The second-order valence-corrected chi connectivity index (χ2v) is 6.05. The molecular formula is C14H26N2O4. The molecule has 1 atom stereocenters. The number of carboxylic acids is 1. The van der Waals surface area contributed by atoms with Gasteiger partial charge in [0.25, 0.3) is 0 Å².